The lowest BCUT2D eigenvalue weighted by Gasteiger charge is -2.27. The Morgan fingerprint density at radius 2 is 1.83 bits per heavy atom. The van der Waals surface area contributed by atoms with Crippen LogP contribution in [0.15, 0.2) is 67.0 Å². The molecule has 0 aliphatic rings. The first-order valence-electron chi connectivity index (χ1n) is 9.01. The molecule has 0 saturated heterocycles. The molecule has 5 nitrogen and oxygen atoms in total. The zero-order valence-corrected chi connectivity index (χ0v) is 17.8. The molecule has 0 atom stereocenters. The van der Waals surface area contributed by atoms with Crippen molar-refractivity contribution in [2.24, 2.45) is 0 Å². The number of pyridine rings is 1. The van der Waals surface area contributed by atoms with Gasteiger partial charge in [-0.2, -0.15) is 0 Å². The van der Waals surface area contributed by atoms with Gasteiger partial charge in [0.1, 0.15) is 0 Å². The molecule has 2 aromatic carbocycles. The quantitative estimate of drug-likeness (QED) is 0.526. The summed E-state index contributed by atoms with van der Waals surface area (Å²) >= 11 is 11.7. The van der Waals surface area contributed by atoms with Gasteiger partial charge in [-0.05, 0) is 54.2 Å². The van der Waals surface area contributed by atoms with Crippen LogP contribution < -0.4 is 14.8 Å². The number of nitrogens with zero attached hydrogens (tertiary/aromatic N) is 2. The van der Waals surface area contributed by atoms with E-state index in [2.05, 4.69) is 15.2 Å². The molecule has 0 unspecified atom stereocenters. The minimum Gasteiger partial charge on any atom is -0.493 e. The fraction of sp³-hybridized carbons (Fsp3) is 0.182. The van der Waals surface area contributed by atoms with Crippen LogP contribution in [0.5, 0.6) is 11.5 Å². The molecule has 0 radical (unpaired) electrons. The zero-order chi connectivity index (χ0) is 20.6. The van der Waals surface area contributed by atoms with Gasteiger partial charge in [0.2, 0.25) is 0 Å². The van der Waals surface area contributed by atoms with Crippen LogP contribution in [0.3, 0.4) is 0 Å². The van der Waals surface area contributed by atoms with Crippen molar-refractivity contribution < 1.29 is 9.47 Å². The molecule has 0 saturated carbocycles. The SMILES string of the molecule is COc1cccc(CN(Cc2cccnc2)C(=S)Nc2ccc(Cl)cc2)c1OC. The number of para-hydroxylation sites is 1. The highest BCUT2D eigenvalue weighted by molar-refractivity contribution is 7.80. The summed E-state index contributed by atoms with van der Waals surface area (Å²) in [6, 6.07) is 17.2. The number of aromatic nitrogens is 1. The standard InChI is InChI=1S/C22H22ClN3O2S/c1-27-20-7-3-6-17(21(20)28-2)15-26(14-16-5-4-12-24-13-16)22(29)25-19-10-8-18(23)9-11-19/h3-13H,14-15H2,1-2H3,(H,25,29). The molecule has 29 heavy (non-hydrogen) atoms. The monoisotopic (exact) mass is 427 g/mol. The summed E-state index contributed by atoms with van der Waals surface area (Å²) in [6.07, 6.45) is 3.59. The molecule has 3 aromatic rings. The van der Waals surface area contributed by atoms with Gasteiger partial charge in [-0.25, -0.2) is 0 Å². The minimum atomic E-state index is 0.536. The van der Waals surface area contributed by atoms with E-state index in [1.807, 2.05) is 60.8 Å². The molecule has 0 amide bonds. The second-order valence-corrected chi connectivity index (χ2v) is 7.13. The van der Waals surface area contributed by atoms with E-state index in [9.17, 15) is 0 Å². The van der Waals surface area contributed by atoms with Crippen molar-refractivity contribution in [2.75, 3.05) is 19.5 Å². The highest BCUT2D eigenvalue weighted by Crippen LogP contribution is 2.32. The van der Waals surface area contributed by atoms with Crippen LogP contribution in [0.4, 0.5) is 5.69 Å². The number of rotatable bonds is 7. The lowest BCUT2D eigenvalue weighted by Crippen LogP contribution is -2.34. The third kappa shape index (κ3) is 5.59. The Labute approximate surface area is 181 Å². The minimum absolute atomic E-state index is 0.536. The zero-order valence-electron chi connectivity index (χ0n) is 16.3. The fourth-order valence-electron chi connectivity index (χ4n) is 2.93. The third-order valence-corrected chi connectivity index (χ3v) is 4.94. The van der Waals surface area contributed by atoms with Crippen LogP contribution >= 0.6 is 23.8 Å². The first-order chi connectivity index (χ1) is 14.1. The van der Waals surface area contributed by atoms with E-state index >= 15 is 0 Å². The van der Waals surface area contributed by atoms with Crippen molar-refractivity contribution in [3.63, 3.8) is 0 Å². The molecule has 1 heterocycles. The second kappa shape index (κ2) is 10.1. The van der Waals surface area contributed by atoms with E-state index in [1.54, 1.807) is 20.4 Å². The summed E-state index contributed by atoms with van der Waals surface area (Å²) in [4.78, 5) is 6.26. The number of benzene rings is 2. The maximum atomic E-state index is 5.98. The summed E-state index contributed by atoms with van der Waals surface area (Å²) in [6.45, 7) is 1.13. The van der Waals surface area contributed by atoms with Gasteiger partial charge in [0.05, 0.1) is 14.2 Å². The number of hydrogen-bond donors (Lipinski definition) is 1. The predicted octanol–water partition coefficient (Wildman–Crippen LogP) is 5.15. The Balaban J connectivity index is 1.86. The van der Waals surface area contributed by atoms with Crippen molar-refractivity contribution in [3.8, 4) is 11.5 Å². The molecule has 0 bridgehead atoms. The van der Waals surface area contributed by atoms with Crippen molar-refractivity contribution >= 4 is 34.6 Å². The van der Waals surface area contributed by atoms with Gasteiger partial charge >= 0.3 is 0 Å². The maximum Gasteiger partial charge on any atom is 0.174 e. The van der Waals surface area contributed by atoms with Gasteiger partial charge in [0, 0.05) is 41.8 Å². The highest BCUT2D eigenvalue weighted by Gasteiger charge is 2.17. The second-order valence-electron chi connectivity index (χ2n) is 6.31. The fourth-order valence-corrected chi connectivity index (χ4v) is 3.30. The van der Waals surface area contributed by atoms with Gasteiger partial charge in [-0.15, -0.1) is 0 Å². The summed E-state index contributed by atoms with van der Waals surface area (Å²) in [5.74, 6) is 1.38. The van der Waals surface area contributed by atoms with Crippen LogP contribution in [0, 0.1) is 0 Å². The van der Waals surface area contributed by atoms with Crippen LogP contribution in [0.1, 0.15) is 11.1 Å². The molecular formula is C22H22ClN3O2S. The molecule has 0 fully saturated rings. The molecule has 0 spiro atoms. The first-order valence-corrected chi connectivity index (χ1v) is 9.79. The maximum absolute atomic E-state index is 5.98. The molecule has 0 aliphatic heterocycles. The molecular weight excluding hydrogens is 406 g/mol. The molecule has 3 rings (SSSR count). The highest BCUT2D eigenvalue weighted by atomic mass is 35.5. The van der Waals surface area contributed by atoms with Crippen LogP contribution in [-0.4, -0.2) is 29.2 Å². The van der Waals surface area contributed by atoms with Crippen LogP contribution in [-0.2, 0) is 13.1 Å². The van der Waals surface area contributed by atoms with Gasteiger partial charge in [0.15, 0.2) is 16.6 Å². The summed E-state index contributed by atoms with van der Waals surface area (Å²) in [7, 11) is 3.26. The van der Waals surface area contributed by atoms with E-state index in [0.29, 0.717) is 34.7 Å². The number of anilines is 1. The van der Waals surface area contributed by atoms with Crippen molar-refractivity contribution in [1.29, 1.82) is 0 Å². The van der Waals surface area contributed by atoms with Gasteiger partial charge in [0.25, 0.3) is 0 Å². The summed E-state index contributed by atoms with van der Waals surface area (Å²) in [5.41, 5.74) is 2.89. The smallest absolute Gasteiger partial charge is 0.174 e. The average molecular weight is 428 g/mol. The van der Waals surface area contributed by atoms with Gasteiger partial charge in [-0.3, -0.25) is 4.98 Å². The molecule has 0 aliphatic carbocycles. The van der Waals surface area contributed by atoms with Crippen molar-refractivity contribution in [1.82, 2.24) is 9.88 Å². The Bertz CT molecular complexity index is 952. The number of hydrogen-bond acceptors (Lipinski definition) is 4. The molecule has 1 N–H and O–H groups in total. The first kappa shape index (κ1) is 20.9. The van der Waals surface area contributed by atoms with E-state index in [4.69, 9.17) is 33.3 Å². The van der Waals surface area contributed by atoms with E-state index < -0.39 is 0 Å². The number of nitrogens with one attached hydrogen (secondary N) is 1. The molecule has 1 aromatic heterocycles. The van der Waals surface area contributed by atoms with Gasteiger partial charge in [-0.1, -0.05) is 29.8 Å². The molecule has 7 heteroatoms. The summed E-state index contributed by atoms with van der Waals surface area (Å²) in [5, 5.41) is 4.54. The number of halogens is 1. The molecule has 150 valence electrons. The largest absolute Gasteiger partial charge is 0.493 e. The lowest BCUT2D eigenvalue weighted by atomic mass is 10.1. The lowest BCUT2D eigenvalue weighted by molar-refractivity contribution is 0.341. The average Bonchev–Trinajstić information content (AvgIpc) is 2.75. The Morgan fingerprint density at radius 1 is 1.03 bits per heavy atom. The Hall–Kier alpha value is -2.83. The van der Waals surface area contributed by atoms with Crippen molar-refractivity contribution in [3.05, 3.63) is 83.1 Å². The number of methoxy groups -OCH3 is 2. The van der Waals surface area contributed by atoms with Crippen LogP contribution in [0.25, 0.3) is 0 Å². The normalized spacial score (nSPS) is 10.3. The number of thiocarbonyl (C=S) groups is 1. The Kier molecular flexibility index (Phi) is 7.27. The topological polar surface area (TPSA) is 46.6 Å². The van der Waals surface area contributed by atoms with Crippen LogP contribution in [0.2, 0.25) is 5.02 Å². The van der Waals surface area contributed by atoms with E-state index in [-0.39, 0.29) is 0 Å². The summed E-state index contributed by atoms with van der Waals surface area (Å²) < 4.78 is 11.0. The predicted molar refractivity (Wildman–Crippen MR) is 121 cm³/mol. The third-order valence-electron chi connectivity index (χ3n) is 4.32. The number of ether oxygens (including phenoxy) is 2. The van der Waals surface area contributed by atoms with E-state index in [1.165, 1.54) is 0 Å². The van der Waals surface area contributed by atoms with Crippen molar-refractivity contribution in [2.45, 2.75) is 13.1 Å². The Morgan fingerprint density at radius 3 is 2.48 bits per heavy atom. The van der Waals surface area contributed by atoms with Gasteiger partial charge < -0.3 is 19.7 Å². The van der Waals surface area contributed by atoms with E-state index in [0.717, 1.165) is 16.8 Å².